The highest BCUT2D eigenvalue weighted by Crippen LogP contribution is 2.29. The Bertz CT molecular complexity index is 720. The third-order valence-corrected chi connectivity index (χ3v) is 5.83. The molecule has 11 heteroatoms. The van der Waals surface area contributed by atoms with E-state index in [2.05, 4.69) is 4.84 Å². The van der Waals surface area contributed by atoms with Gasteiger partial charge in [-0.05, 0) is 19.1 Å². The number of benzene rings is 1. The van der Waals surface area contributed by atoms with Gasteiger partial charge < -0.3 is 4.84 Å². The summed E-state index contributed by atoms with van der Waals surface area (Å²) in [5.74, 6) is -1.25. The molecule has 0 aromatic heterocycles. The lowest BCUT2D eigenvalue weighted by Crippen LogP contribution is -2.30. The zero-order chi connectivity index (χ0) is 17.9. The molecule has 1 aromatic rings. The van der Waals surface area contributed by atoms with Gasteiger partial charge in [0.2, 0.25) is 16.6 Å². The predicted molar refractivity (Wildman–Crippen MR) is 81.7 cm³/mol. The molecule has 24 heavy (non-hydrogen) atoms. The molecule has 1 aromatic carbocycles. The van der Waals surface area contributed by atoms with Gasteiger partial charge in [-0.15, -0.1) is 10.1 Å². The van der Waals surface area contributed by atoms with Crippen molar-refractivity contribution in [2.24, 2.45) is 11.8 Å². The first kappa shape index (κ1) is 18.1. The van der Waals surface area contributed by atoms with E-state index in [9.17, 15) is 28.6 Å². The van der Waals surface area contributed by atoms with Crippen LogP contribution < -0.4 is 0 Å². The molecule has 1 aliphatic rings. The van der Waals surface area contributed by atoms with Crippen LogP contribution in [0, 0.1) is 39.0 Å². The van der Waals surface area contributed by atoms with E-state index in [1.54, 1.807) is 12.1 Å². The molecular weight excluding hydrogens is 342 g/mol. The standard InChI is InChI=1S/C13H17N3O7S/c1-10-2-4-13(5-3-10)24(21,22)14-6-11(8-15(17)18)12(7-14)9-23-16(19)20/h2-5,11-12H,6-9H2,1H3. The average molecular weight is 359 g/mol. The second-order valence-corrected chi connectivity index (χ2v) is 7.63. The van der Waals surface area contributed by atoms with Gasteiger partial charge in [0.25, 0.3) is 5.09 Å². The number of hydrogen-bond donors (Lipinski definition) is 0. The van der Waals surface area contributed by atoms with E-state index in [-0.39, 0.29) is 24.6 Å². The summed E-state index contributed by atoms with van der Waals surface area (Å²) in [6, 6.07) is 6.25. The maximum Gasteiger partial charge on any atom is 0.294 e. The lowest BCUT2D eigenvalue weighted by Gasteiger charge is -2.16. The molecule has 2 rings (SSSR count). The smallest absolute Gasteiger partial charge is 0.294 e. The van der Waals surface area contributed by atoms with Crippen LogP contribution in [-0.2, 0) is 14.9 Å². The van der Waals surface area contributed by atoms with Crippen molar-refractivity contribution in [3.05, 3.63) is 50.1 Å². The summed E-state index contributed by atoms with van der Waals surface area (Å²) >= 11 is 0. The Balaban J connectivity index is 2.19. The number of rotatable bonds is 7. The van der Waals surface area contributed by atoms with Crippen LogP contribution in [0.3, 0.4) is 0 Å². The molecule has 0 aliphatic carbocycles. The Labute approximate surface area is 138 Å². The summed E-state index contributed by atoms with van der Waals surface area (Å²) in [5, 5.41) is 20.1. The van der Waals surface area contributed by atoms with Crippen LogP contribution >= 0.6 is 0 Å². The third kappa shape index (κ3) is 4.17. The average Bonchev–Trinajstić information content (AvgIpc) is 2.88. The van der Waals surface area contributed by atoms with Gasteiger partial charge in [0.05, 0.1) is 4.90 Å². The van der Waals surface area contributed by atoms with E-state index in [0.717, 1.165) is 9.87 Å². The van der Waals surface area contributed by atoms with E-state index in [4.69, 9.17) is 0 Å². The van der Waals surface area contributed by atoms with Crippen LogP contribution in [0.15, 0.2) is 29.2 Å². The Kier molecular flexibility index (Phi) is 5.34. The van der Waals surface area contributed by atoms with Gasteiger partial charge in [-0.3, -0.25) is 10.1 Å². The molecule has 0 radical (unpaired) electrons. The fraction of sp³-hybridized carbons (Fsp3) is 0.538. The maximum absolute atomic E-state index is 12.6. The Hall–Kier alpha value is -2.27. The molecule has 0 N–H and O–H groups in total. The number of hydrogen-bond acceptors (Lipinski definition) is 7. The van der Waals surface area contributed by atoms with Gasteiger partial charge in [0, 0.05) is 29.8 Å². The van der Waals surface area contributed by atoms with Gasteiger partial charge >= 0.3 is 0 Å². The van der Waals surface area contributed by atoms with Crippen LogP contribution in [0.4, 0.5) is 0 Å². The Morgan fingerprint density at radius 3 is 2.29 bits per heavy atom. The van der Waals surface area contributed by atoms with Crippen LogP contribution in [0.5, 0.6) is 0 Å². The number of nitro groups is 1. The zero-order valence-corrected chi connectivity index (χ0v) is 13.7. The minimum Gasteiger partial charge on any atom is -0.314 e. The zero-order valence-electron chi connectivity index (χ0n) is 12.9. The molecule has 10 nitrogen and oxygen atoms in total. The number of sulfonamides is 1. The lowest BCUT2D eigenvalue weighted by molar-refractivity contribution is -0.759. The minimum atomic E-state index is -3.81. The molecule has 132 valence electrons. The highest BCUT2D eigenvalue weighted by atomic mass is 32.2. The van der Waals surface area contributed by atoms with Crippen LogP contribution in [0.1, 0.15) is 5.56 Å². The molecule has 2 atom stereocenters. The molecule has 0 amide bonds. The monoisotopic (exact) mass is 359 g/mol. The van der Waals surface area contributed by atoms with Crippen molar-refractivity contribution in [2.75, 3.05) is 26.2 Å². The molecule has 1 aliphatic heterocycles. The molecule has 1 saturated heterocycles. The highest BCUT2D eigenvalue weighted by Gasteiger charge is 2.42. The lowest BCUT2D eigenvalue weighted by atomic mass is 9.97. The molecule has 0 spiro atoms. The van der Waals surface area contributed by atoms with E-state index >= 15 is 0 Å². The van der Waals surface area contributed by atoms with Crippen molar-refractivity contribution in [1.82, 2.24) is 4.31 Å². The van der Waals surface area contributed by atoms with Crippen molar-refractivity contribution in [3.63, 3.8) is 0 Å². The molecule has 0 saturated carbocycles. The van der Waals surface area contributed by atoms with Crippen molar-refractivity contribution in [1.29, 1.82) is 0 Å². The van der Waals surface area contributed by atoms with E-state index < -0.39 is 38.4 Å². The first-order valence-corrected chi connectivity index (χ1v) is 8.60. The van der Waals surface area contributed by atoms with Gasteiger partial charge in [0.1, 0.15) is 6.61 Å². The summed E-state index contributed by atoms with van der Waals surface area (Å²) < 4.78 is 26.4. The van der Waals surface area contributed by atoms with Crippen LogP contribution in [-0.4, -0.2) is 49.0 Å². The third-order valence-electron chi connectivity index (χ3n) is 3.98. The second-order valence-electron chi connectivity index (χ2n) is 5.69. The van der Waals surface area contributed by atoms with E-state index in [0.29, 0.717) is 0 Å². The Morgan fingerprint density at radius 2 is 1.75 bits per heavy atom. The van der Waals surface area contributed by atoms with Gasteiger partial charge in [-0.25, -0.2) is 8.42 Å². The van der Waals surface area contributed by atoms with Crippen LogP contribution in [0.2, 0.25) is 0 Å². The molecular formula is C13H17N3O7S. The normalized spacial score (nSPS) is 21.5. The summed E-state index contributed by atoms with van der Waals surface area (Å²) in [6.07, 6.45) is 0. The minimum absolute atomic E-state index is 0.0530. The van der Waals surface area contributed by atoms with E-state index in [1.165, 1.54) is 12.1 Å². The Morgan fingerprint density at radius 1 is 1.17 bits per heavy atom. The van der Waals surface area contributed by atoms with Gasteiger partial charge in [0.15, 0.2) is 0 Å². The fourth-order valence-corrected chi connectivity index (χ4v) is 4.25. The van der Waals surface area contributed by atoms with Crippen molar-refractivity contribution in [2.45, 2.75) is 11.8 Å². The summed E-state index contributed by atoms with van der Waals surface area (Å²) in [6.45, 7) is 0.868. The largest absolute Gasteiger partial charge is 0.314 e. The quantitative estimate of drug-likeness (QED) is 0.517. The summed E-state index contributed by atoms with van der Waals surface area (Å²) in [7, 11) is -3.81. The summed E-state index contributed by atoms with van der Waals surface area (Å²) in [5.41, 5.74) is 0.902. The molecule has 0 bridgehead atoms. The van der Waals surface area contributed by atoms with E-state index in [1.807, 2.05) is 6.92 Å². The SMILES string of the molecule is Cc1ccc(S(=O)(=O)N2CC(CO[N+](=O)[O-])C(C[N+](=O)[O-])C2)cc1. The van der Waals surface area contributed by atoms with Crippen LogP contribution in [0.25, 0.3) is 0 Å². The maximum atomic E-state index is 12.6. The van der Waals surface area contributed by atoms with Gasteiger partial charge in [-0.1, -0.05) is 17.7 Å². The van der Waals surface area contributed by atoms with Crippen molar-refractivity contribution < 1.29 is 23.3 Å². The predicted octanol–water partition coefficient (Wildman–Crippen LogP) is 0.717. The number of aryl methyl sites for hydroxylation is 1. The first-order valence-electron chi connectivity index (χ1n) is 7.16. The topological polar surface area (TPSA) is 133 Å². The second kappa shape index (κ2) is 7.09. The summed E-state index contributed by atoms with van der Waals surface area (Å²) in [4.78, 5) is 24.9. The molecule has 1 heterocycles. The van der Waals surface area contributed by atoms with Crippen molar-refractivity contribution >= 4 is 10.0 Å². The first-order chi connectivity index (χ1) is 11.2. The highest BCUT2D eigenvalue weighted by molar-refractivity contribution is 7.89. The van der Waals surface area contributed by atoms with Crippen molar-refractivity contribution in [3.8, 4) is 0 Å². The molecule has 1 fully saturated rings. The molecule has 2 unspecified atom stereocenters. The van der Waals surface area contributed by atoms with Gasteiger partial charge in [-0.2, -0.15) is 4.31 Å². The number of nitrogens with zero attached hydrogens (tertiary/aromatic N) is 3. The fourth-order valence-electron chi connectivity index (χ4n) is 2.70.